The molecule has 0 saturated heterocycles. The van der Waals surface area contributed by atoms with Crippen LogP contribution in [0.4, 0.5) is 16.2 Å². The van der Waals surface area contributed by atoms with Crippen molar-refractivity contribution >= 4 is 17.5 Å². The molecule has 3 N–H and O–H groups in total. The highest BCUT2D eigenvalue weighted by atomic mass is 16.6. The number of pyridine rings is 1. The maximum absolute atomic E-state index is 12.1. The minimum absolute atomic E-state index is 0.185. The molecule has 30 heavy (non-hydrogen) atoms. The van der Waals surface area contributed by atoms with E-state index in [0.717, 1.165) is 6.20 Å². The number of carbonyl (C=O) groups excluding carboxylic acids is 1. The summed E-state index contributed by atoms with van der Waals surface area (Å²) in [5.41, 5.74) is -0.708. The zero-order valence-electron chi connectivity index (χ0n) is 17.0. The number of aromatic nitrogens is 4. The van der Waals surface area contributed by atoms with Gasteiger partial charge in [-0.3, -0.25) is 10.1 Å². The van der Waals surface area contributed by atoms with Crippen LogP contribution in [-0.2, 0) is 4.74 Å². The number of hydrogen-bond donors (Lipinski definition) is 3. The summed E-state index contributed by atoms with van der Waals surface area (Å²) in [5.74, 6) is 0.293. The SMILES string of the molecule is CC(C)(C)OC(=O)NC1CCCC(Nc2cc(-n3nccn3)ncc2[N+](=O)[O-])C1O. The van der Waals surface area contributed by atoms with Gasteiger partial charge in [0, 0.05) is 6.07 Å². The van der Waals surface area contributed by atoms with E-state index in [2.05, 4.69) is 25.8 Å². The van der Waals surface area contributed by atoms with Crippen molar-refractivity contribution in [3.63, 3.8) is 0 Å². The molecule has 0 aliphatic heterocycles. The van der Waals surface area contributed by atoms with E-state index in [1.54, 1.807) is 20.8 Å². The summed E-state index contributed by atoms with van der Waals surface area (Å²) in [5, 5.41) is 35.9. The summed E-state index contributed by atoms with van der Waals surface area (Å²) in [6.45, 7) is 5.26. The maximum Gasteiger partial charge on any atom is 0.407 e. The molecular weight excluding hydrogens is 394 g/mol. The lowest BCUT2D eigenvalue weighted by Gasteiger charge is -2.36. The van der Waals surface area contributed by atoms with Crippen molar-refractivity contribution in [2.24, 2.45) is 0 Å². The van der Waals surface area contributed by atoms with E-state index in [1.807, 2.05) is 0 Å². The van der Waals surface area contributed by atoms with Gasteiger partial charge in [-0.15, -0.1) is 4.80 Å². The first-order valence-electron chi connectivity index (χ1n) is 9.59. The highest BCUT2D eigenvalue weighted by Gasteiger charge is 2.35. The number of anilines is 1. The maximum atomic E-state index is 12.1. The zero-order valence-corrected chi connectivity index (χ0v) is 17.0. The minimum atomic E-state index is -0.967. The second kappa shape index (κ2) is 8.61. The normalized spacial score (nSPS) is 21.7. The molecule has 1 aliphatic carbocycles. The van der Waals surface area contributed by atoms with E-state index in [1.165, 1.54) is 23.3 Å². The molecule has 3 unspecified atom stereocenters. The van der Waals surface area contributed by atoms with Gasteiger partial charge in [-0.1, -0.05) is 0 Å². The average molecular weight is 419 g/mol. The van der Waals surface area contributed by atoms with Gasteiger partial charge in [0.05, 0.1) is 35.5 Å². The molecule has 2 heterocycles. The molecule has 0 aromatic carbocycles. The van der Waals surface area contributed by atoms with Gasteiger partial charge in [0.1, 0.15) is 17.5 Å². The molecule has 2 aromatic heterocycles. The second-order valence-corrected chi connectivity index (χ2v) is 8.06. The van der Waals surface area contributed by atoms with Gasteiger partial charge in [0.2, 0.25) is 0 Å². The number of nitro groups is 1. The van der Waals surface area contributed by atoms with Crippen LogP contribution in [0.1, 0.15) is 40.0 Å². The van der Waals surface area contributed by atoms with Gasteiger partial charge in [-0.05, 0) is 40.0 Å². The quantitative estimate of drug-likeness (QED) is 0.485. The Hall–Kier alpha value is -3.28. The van der Waals surface area contributed by atoms with Crippen molar-refractivity contribution < 1.29 is 19.6 Å². The van der Waals surface area contributed by atoms with E-state index >= 15 is 0 Å². The summed E-state index contributed by atoms with van der Waals surface area (Å²) in [6, 6.07) is 0.396. The number of rotatable bonds is 5. The Morgan fingerprint density at radius 1 is 1.30 bits per heavy atom. The van der Waals surface area contributed by atoms with Crippen LogP contribution < -0.4 is 10.6 Å². The fraction of sp³-hybridized carbons (Fsp3) is 0.556. The lowest BCUT2D eigenvalue weighted by Crippen LogP contribution is -2.54. The molecule has 12 heteroatoms. The minimum Gasteiger partial charge on any atom is -0.444 e. The van der Waals surface area contributed by atoms with Gasteiger partial charge in [0.25, 0.3) is 0 Å². The average Bonchev–Trinajstić information content (AvgIpc) is 3.18. The molecule has 12 nitrogen and oxygen atoms in total. The number of amides is 1. The topological polar surface area (TPSA) is 157 Å². The van der Waals surface area contributed by atoms with Crippen LogP contribution in [0.2, 0.25) is 0 Å². The monoisotopic (exact) mass is 419 g/mol. The third-order valence-electron chi connectivity index (χ3n) is 4.59. The lowest BCUT2D eigenvalue weighted by molar-refractivity contribution is -0.384. The molecule has 0 bridgehead atoms. The molecular formula is C18H25N7O5. The van der Waals surface area contributed by atoms with Crippen LogP contribution in [0, 0.1) is 10.1 Å². The number of nitrogens with one attached hydrogen (secondary N) is 2. The van der Waals surface area contributed by atoms with Gasteiger partial charge in [-0.25, -0.2) is 9.78 Å². The molecule has 162 valence electrons. The zero-order chi connectivity index (χ0) is 21.9. The highest BCUT2D eigenvalue weighted by molar-refractivity contribution is 5.68. The summed E-state index contributed by atoms with van der Waals surface area (Å²) < 4.78 is 5.25. The largest absolute Gasteiger partial charge is 0.444 e. The second-order valence-electron chi connectivity index (χ2n) is 8.06. The Morgan fingerprint density at radius 2 is 1.97 bits per heavy atom. The first kappa shape index (κ1) is 21.4. The Kier molecular flexibility index (Phi) is 6.15. The number of aliphatic hydroxyl groups excluding tert-OH is 1. The van der Waals surface area contributed by atoms with Gasteiger partial charge >= 0.3 is 11.8 Å². The summed E-state index contributed by atoms with van der Waals surface area (Å²) in [6.07, 6.45) is 4.32. The number of hydrogen-bond acceptors (Lipinski definition) is 9. The molecule has 3 rings (SSSR count). The number of nitrogens with zero attached hydrogens (tertiary/aromatic N) is 5. The van der Waals surface area contributed by atoms with Gasteiger partial charge in [-0.2, -0.15) is 10.2 Å². The number of alkyl carbamates (subject to hydrolysis) is 1. The first-order valence-corrected chi connectivity index (χ1v) is 9.59. The smallest absolute Gasteiger partial charge is 0.407 e. The van der Waals surface area contributed by atoms with Crippen molar-refractivity contribution in [3.8, 4) is 5.82 Å². The molecule has 3 atom stereocenters. The molecule has 0 radical (unpaired) electrons. The predicted octanol–water partition coefficient (Wildman–Crippen LogP) is 1.79. The fourth-order valence-electron chi connectivity index (χ4n) is 3.30. The van der Waals surface area contributed by atoms with E-state index in [9.17, 15) is 20.0 Å². The molecule has 2 aromatic rings. The van der Waals surface area contributed by atoms with Crippen LogP contribution in [-0.4, -0.2) is 59.9 Å². The standard InChI is InChI=1S/C18H25N7O5/c1-18(2,3)30-17(27)23-12-6-4-5-11(16(12)26)22-13-9-15(24-20-7-8-21-24)19-10-14(13)25(28)29/h7-12,16,26H,4-6H2,1-3H3,(H,19,22)(H,23,27). The first-order chi connectivity index (χ1) is 14.1. The van der Waals surface area contributed by atoms with E-state index in [-0.39, 0.29) is 11.4 Å². The number of ether oxygens (including phenoxy) is 1. The summed E-state index contributed by atoms with van der Waals surface area (Å²) in [7, 11) is 0. The van der Waals surface area contributed by atoms with E-state index in [0.29, 0.717) is 25.1 Å². The fourth-order valence-corrected chi connectivity index (χ4v) is 3.30. The van der Waals surface area contributed by atoms with E-state index < -0.39 is 34.8 Å². The van der Waals surface area contributed by atoms with Crippen molar-refractivity contribution in [2.75, 3.05) is 5.32 Å². The van der Waals surface area contributed by atoms with Gasteiger partial charge < -0.3 is 20.5 Å². The highest BCUT2D eigenvalue weighted by Crippen LogP contribution is 2.29. The van der Waals surface area contributed by atoms with Crippen LogP contribution >= 0.6 is 0 Å². The third-order valence-corrected chi connectivity index (χ3v) is 4.59. The van der Waals surface area contributed by atoms with Crippen LogP contribution in [0.25, 0.3) is 5.82 Å². The van der Waals surface area contributed by atoms with Crippen LogP contribution in [0.5, 0.6) is 0 Å². The number of carbonyl (C=O) groups is 1. The van der Waals surface area contributed by atoms with Crippen molar-refractivity contribution in [1.29, 1.82) is 0 Å². The van der Waals surface area contributed by atoms with Crippen molar-refractivity contribution in [3.05, 3.63) is 34.8 Å². The predicted molar refractivity (Wildman–Crippen MR) is 106 cm³/mol. The Morgan fingerprint density at radius 3 is 2.60 bits per heavy atom. The number of aliphatic hydroxyl groups is 1. The lowest BCUT2D eigenvalue weighted by atomic mass is 9.88. The molecule has 1 fully saturated rings. The Balaban J connectivity index is 1.77. The van der Waals surface area contributed by atoms with Crippen LogP contribution in [0.15, 0.2) is 24.7 Å². The summed E-state index contributed by atoms with van der Waals surface area (Å²) in [4.78, 5) is 28.2. The molecule has 1 aliphatic rings. The molecule has 1 saturated carbocycles. The van der Waals surface area contributed by atoms with E-state index in [4.69, 9.17) is 4.74 Å². The molecule has 1 amide bonds. The van der Waals surface area contributed by atoms with Crippen molar-refractivity contribution in [2.45, 2.75) is 63.8 Å². The summed E-state index contributed by atoms with van der Waals surface area (Å²) >= 11 is 0. The van der Waals surface area contributed by atoms with Crippen molar-refractivity contribution in [1.82, 2.24) is 25.3 Å². The Bertz CT molecular complexity index is 897. The Labute approximate surface area is 172 Å². The van der Waals surface area contributed by atoms with Crippen LogP contribution in [0.3, 0.4) is 0 Å². The third kappa shape index (κ3) is 5.20. The molecule has 0 spiro atoms. The van der Waals surface area contributed by atoms with Gasteiger partial charge in [0.15, 0.2) is 5.82 Å².